The van der Waals surface area contributed by atoms with Crippen molar-refractivity contribution in [2.75, 3.05) is 11.9 Å². The van der Waals surface area contributed by atoms with Crippen molar-refractivity contribution in [3.05, 3.63) is 47.8 Å². The van der Waals surface area contributed by atoms with Crippen molar-refractivity contribution in [1.82, 2.24) is 9.97 Å². The van der Waals surface area contributed by atoms with Gasteiger partial charge in [0.15, 0.2) is 0 Å². The highest BCUT2D eigenvalue weighted by atomic mass is 16.5. The molecule has 3 unspecified atom stereocenters. The topological polar surface area (TPSA) is 47.0 Å². The van der Waals surface area contributed by atoms with Gasteiger partial charge in [0.05, 0.1) is 6.61 Å². The summed E-state index contributed by atoms with van der Waals surface area (Å²) in [6, 6.07) is 11.2. The highest BCUT2D eigenvalue weighted by Gasteiger charge is 2.55. The summed E-state index contributed by atoms with van der Waals surface area (Å²) < 4.78 is 5.41. The van der Waals surface area contributed by atoms with E-state index in [0.29, 0.717) is 24.4 Å². The number of hydrogen-bond acceptors (Lipinski definition) is 4. The lowest BCUT2D eigenvalue weighted by atomic mass is 10.1. The molecule has 1 N–H and O–H groups in total. The number of rotatable bonds is 4. The van der Waals surface area contributed by atoms with E-state index in [4.69, 9.17) is 4.74 Å². The van der Waals surface area contributed by atoms with Gasteiger partial charge in [-0.2, -0.15) is 0 Å². The van der Waals surface area contributed by atoms with Crippen LogP contribution in [0.1, 0.15) is 24.0 Å². The average Bonchev–Trinajstić information content (AvgIpc) is 2.97. The molecule has 0 spiro atoms. The minimum Gasteiger partial charge on any atom is -0.478 e. The number of fused-ring (bicyclic) bond motifs is 3. The molecule has 1 aromatic heterocycles. The molecule has 4 heteroatoms. The van der Waals surface area contributed by atoms with Crippen LogP contribution in [0, 0.1) is 5.92 Å². The average molecular weight is 267 g/mol. The van der Waals surface area contributed by atoms with Gasteiger partial charge >= 0.3 is 0 Å². The molecule has 0 radical (unpaired) electrons. The van der Waals surface area contributed by atoms with Crippen LogP contribution in [0.25, 0.3) is 0 Å². The van der Waals surface area contributed by atoms with E-state index in [0.717, 1.165) is 11.7 Å². The number of hydrogen-bond donors (Lipinski definition) is 1. The fraction of sp³-hybridized carbons (Fsp3) is 0.375. The Hall–Kier alpha value is -2.10. The summed E-state index contributed by atoms with van der Waals surface area (Å²) in [7, 11) is 0. The minimum atomic E-state index is 0.509. The van der Waals surface area contributed by atoms with Gasteiger partial charge in [0, 0.05) is 18.0 Å². The second-order valence-corrected chi connectivity index (χ2v) is 5.44. The third-order valence-corrected chi connectivity index (χ3v) is 4.29. The molecule has 0 saturated heterocycles. The van der Waals surface area contributed by atoms with Gasteiger partial charge in [-0.25, -0.2) is 9.97 Å². The second kappa shape index (κ2) is 4.47. The van der Waals surface area contributed by atoms with Crippen LogP contribution in [-0.4, -0.2) is 22.6 Å². The maximum absolute atomic E-state index is 5.41. The highest BCUT2D eigenvalue weighted by Crippen LogP contribution is 2.57. The van der Waals surface area contributed by atoms with Crippen LogP contribution in [0.15, 0.2) is 36.7 Å². The van der Waals surface area contributed by atoms with Crippen LogP contribution in [0.3, 0.4) is 0 Å². The maximum atomic E-state index is 5.41. The van der Waals surface area contributed by atoms with Gasteiger partial charge in [-0.15, -0.1) is 0 Å². The van der Waals surface area contributed by atoms with Crippen molar-refractivity contribution in [3.8, 4) is 5.88 Å². The number of aromatic nitrogens is 2. The van der Waals surface area contributed by atoms with E-state index in [1.54, 1.807) is 6.33 Å². The number of anilines is 1. The summed E-state index contributed by atoms with van der Waals surface area (Å²) in [6.07, 6.45) is 2.74. The third-order valence-electron chi connectivity index (χ3n) is 4.29. The summed E-state index contributed by atoms with van der Waals surface area (Å²) in [5, 5.41) is 3.53. The Labute approximate surface area is 118 Å². The third kappa shape index (κ3) is 1.83. The van der Waals surface area contributed by atoms with Gasteiger partial charge in [-0.1, -0.05) is 24.3 Å². The molecule has 3 atom stereocenters. The summed E-state index contributed by atoms with van der Waals surface area (Å²) in [6.45, 7) is 2.58. The lowest BCUT2D eigenvalue weighted by Crippen LogP contribution is -2.11. The Morgan fingerprint density at radius 1 is 1.30 bits per heavy atom. The van der Waals surface area contributed by atoms with E-state index in [2.05, 4.69) is 39.6 Å². The van der Waals surface area contributed by atoms with E-state index in [1.165, 1.54) is 17.5 Å². The van der Waals surface area contributed by atoms with Gasteiger partial charge in [0.1, 0.15) is 12.1 Å². The second-order valence-electron chi connectivity index (χ2n) is 5.44. The smallest absolute Gasteiger partial charge is 0.218 e. The Balaban J connectivity index is 1.49. The molecule has 4 nitrogen and oxygen atoms in total. The van der Waals surface area contributed by atoms with Crippen LogP contribution in [0.2, 0.25) is 0 Å². The molecular formula is C16H17N3O. The number of ether oxygens (including phenoxy) is 1. The Morgan fingerprint density at radius 2 is 2.20 bits per heavy atom. The molecule has 2 aliphatic carbocycles. The van der Waals surface area contributed by atoms with Crippen LogP contribution >= 0.6 is 0 Å². The lowest BCUT2D eigenvalue weighted by Gasteiger charge is -2.10. The zero-order valence-corrected chi connectivity index (χ0v) is 11.4. The van der Waals surface area contributed by atoms with Gasteiger partial charge in [0.2, 0.25) is 5.88 Å². The molecule has 2 aromatic rings. The monoisotopic (exact) mass is 267 g/mol. The first-order valence-electron chi connectivity index (χ1n) is 7.16. The van der Waals surface area contributed by atoms with Crippen molar-refractivity contribution in [2.24, 2.45) is 5.92 Å². The van der Waals surface area contributed by atoms with E-state index in [9.17, 15) is 0 Å². The van der Waals surface area contributed by atoms with Crippen LogP contribution < -0.4 is 10.1 Å². The molecular weight excluding hydrogens is 250 g/mol. The molecule has 20 heavy (non-hydrogen) atoms. The molecule has 0 aliphatic heterocycles. The zero-order chi connectivity index (χ0) is 13.5. The Kier molecular flexibility index (Phi) is 2.62. The number of benzene rings is 1. The van der Waals surface area contributed by atoms with Crippen LogP contribution in [-0.2, 0) is 6.42 Å². The van der Waals surface area contributed by atoms with E-state index >= 15 is 0 Å². The van der Waals surface area contributed by atoms with E-state index in [1.807, 2.05) is 13.0 Å². The fourth-order valence-electron chi connectivity index (χ4n) is 3.36. The first kappa shape index (κ1) is 11.7. The molecule has 4 rings (SSSR count). The van der Waals surface area contributed by atoms with E-state index < -0.39 is 0 Å². The molecule has 0 amide bonds. The Bertz CT molecular complexity index is 643. The van der Waals surface area contributed by atoms with Gasteiger partial charge in [-0.05, 0) is 30.4 Å². The normalized spacial score (nSPS) is 25.8. The molecule has 1 saturated carbocycles. The van der Waals surface area contributed by atoms with Crippen molar-refractivity contribution in [2.45, 2.75) is 25.3 Å². The van der Waals surface area contributed by atoms with Gasteiger partial charge in [-0.3, -0.25) is 0 Å². The Morgan fingerprint density at radius 3 is 3.10 bits per heavy atom. The summed E-state index contributed by atoms with van der Waals surface area (Å²) in [4.78, 5) is 8.37. The molecule has 1 aromatic carbocycles. The zero-order valence-electron chi connectivity index (χ0n) is 11.4. The van der Waals surface area contributed by atoms with Gasteiger partial charge < -0.3 is 10.1 Å². The fourth-order valence-corrected chi connectivity index (χ4v) is 3.36. The maximum Gasteiger partial charge on any atom is 0.218 e. The standard InChI is InChI=1S/C16H17N3O/c1-2-20-14-8-13(17-9-18-14)19-16-12-7-10-5-3-4-6-11(10)15(12)16/h3-6,8-9,12,15-16H,2,7H2,1H3,(H,17,18,19). The largest absolute Gasteiger partial charge is 0.478 e. The minimum absolute atomic E-state index is 0.509. The quantitative estimate of drug-likeness (QED) is 0.925. The predicted octanol–water partition coefficient (Wildman–Crippen LogP) is 2.63. The van der Waals surface area contributed by atoms with Crippen molar-refractivity contribution in [3.63, 3.8) is 0 Å². The van der Waals surface area contributed by atoms with Crippen molar-refractivity contribution in [1.29, 1.82) is 0 Å². The van der Waals surface area contributed by atoms with E-state index in [-0.39, 0.29) is 0 Å². The number of nitrogens with one attached hydrogen (secondary N) is 1. The van der Waals surface area contributed by atoms with Crippen molar-refractivity contribution >= 4 is 5.82 Å². The van der Waals surface area contributed by atoms with Crippen LogP contribution in [0.4, 0.5) is 5.82 Å². The summed E-state index contributed by atoms with van der Waals surface area (Å²) in [5.41, 5.74) is 3.02. The van der Waals surface area contributed by atoms with Gasteiger partial charge in [0.25, 0.3) is 0 Å². The summed E-state index contributed by atoms with van der Waals surface area (Å²) in [5.74, 6) is 2.87. The molecule has 0 bridgehead atoms. The first-order valence-corrected chi connectivity index (χ1v) is 7.16. The SMILES string of the molecule is CCOc1cc(NC2C3Cc4ccccc4C32)ncn1. The molecule has 1 heterocycles. The molecule has 102 valence electrons. The number of nitrogens with zero attached hydrogens (tertiary/aromatic N) is 2. The van der Waals surface area contributed by atoms with Crippen LogP contribution in [0.5, 0.6) is 5.88 Å². The molecule has 1 fully saturated rings. The van der Waals surface area contributed by atoms with Crippen molar-refractivity contribution < 1.29 is 4.74 Å². The molecule has 2 aliphatic rings. The predicted molar refractivity (Wildman–Crippen MR) is 77.0 cm³/mol. The first-order chi connectivity index (χ1) is 9.86. The highest BCUT2D eigenvalue weighted by molar-refractivity contribution is 5.51. The summed E-state index contributed by atoms with van der Waals surface area (Å²) >= 11 is 0. The lowest BCUT2D eigenvalue weighted by molar-refractivity contribution is 0.326.